The van der Waals surface area contributed by atoms with Gasteiger partial charge in [-0.1, -0.05) is 12.8 Å². The molecule has 0 saturated heterocycles. The summed E-state index contributed by atoms with van der Waals surface area (Å²) in [6.07, 6.45) is 11.6. The molecular weight excluding hydrogens is 228 g/mol. The molecule has 0 spiro atoms. The number of thioether (sulfide) groups is 1. The van der Waals surface area contributed by atoms with Gasteiger partial charge < -0.3 is 4.57 Å². The van der Waals surface area contributed by atoms with Gasteiger partial charge in [0, 0.05) is 17.5 Å². The van der Waals surface area contributed by atoms with Gasteiger partial charge in [0.1, 0.15) is 0 Å². The molecule has 0 aliphatic heterocycles. The van der Waals surface area contributed by atoms with Gasteiger partial charge in [-0.05, 0) is 19.1 Å². The Labute approximate surface area is 100 Å². The summed E-state index contributed by atoms with van der Waals surface area (Å²) in [6.45, 7) is 0. The molecule has 1 fully saturated rings. The van der Waals surface area contributed by atoms with Crippen molar-refractivity contribution in [2.24, 2.45) is 0 Å². The molecule has 2 atom stereocenters. The number of hydrogen-bond acceptors (Lipinski definition) is 2. The van der Waals surface area contributed by atoms with Crippen LogP contribution in [0.1, 0.15) is 37.4 Å². The van der Waals surface area contributed by atoms with Crippen molar-refractivity contribution in [1.29, 1.82) is 0 Å². The van der Waals surface area contributed by atoms with Crippen LogP contribution in [0, 0.1) is 0 Å². The van der Waals surface area contributed by atoms with Crippen LogP contribution >= 0.6 is 23.4 Å². The first kappa shape index (κ1) is 11.3. The van der Waals surface area contributed by atoms with Crippen molar-refractivity contribution < 1.29 is 0 Å². The fourth-order valence-electron chi connectivity index (χ4n) is 2.32. The number of hydrogen-bond donors (Lipinski definition) is 0. The second kappa shape index (κ2) is 5.26. The number of alkyl halides is 1. The highest BCUT2D eigenvalue weighted by molar-refractivity contribution is 7.99. The Morgan fingerprint density at radius 2 is 2.33 bits per heavy atom. The van der Waals surface area contributed by atoms with Crippen molar-refractivity contribution in [3.05, 3.63) is 18.2 Å². The fourth-order valence-corrected chi connectivity index (χ4v) is 3.45. The third-order valence-electron chi connectivity index (χ3n) is 3.15. The van der Waals surface area contributed by atoms with Crippen molar-refractivity contribution >= 4 is 23.4 Å². The van der Waals surface area contributed by atoms with Gasteiger partial charge in [-0.25, -0.2) is 4.98 Å². The van der Waals surface area contributed by atoms with Crippen LogP contribution in [-0.2, 0) is 5.88 Å². The molecule has 1 heterocycles. The number of rotatable bonds is 3. The highest BCUT2D eigenvalue weighted by Gasteiger charge is 2.25. The van der Waals surface area contributed by atoms with Gasteiger partial charge in [0.15, 0.2) is 0 Å². The van der Waals surface area contributed by atoms with E-state index in [0.29, 0.717) is 11.9 Å². The van der Waals surface area contributed by atoms with Crippen LogP contribution in [0.15, 0.2) is 12.5 Å². The smallest absolute Gasteiger partial charge is 0.0952 e. The molecule has 0 radical (unpaired) electrons. The predicted molar refractivity (Wildman–Crippen MR) is 66.6 cm³/mol. The lowest BCUT2D eigenvalue weighted by atomic mass is 9.95. The summed E-state index contributed by atoms with van der Waals surface area (Å²) in [5.41, 5.74) is 0.988. The average Bonchev–Trinajstić information content (AvgIpc) is 2.77. The highest BCUT2D eigenvalue weighted by atomic mass is 35.5. The van der Waals surface area contributed by atoms with Crippen LogP contribution in [-0.4, -0.2) is 21.1 Å². The molecule has 4 heteroatoms. The first-order chi connectivity index (χ1) is 7.35. The maximum Gasteiger partial charge on any atom is 0.0952 e. The van der Waals surface area contributed by atoms with Gasteiger partial charge >= 0.3 is 0 Å². The summed E-state index contributed by atoms with van der Waals surface area (Å²) in [7, 11) is 0. The van der Waals surface area contributed by atoms with Gasteiger partial charge in [-0.2, -0.15) is 11.8 Å². The molecule has 1 saturated carbocycles. The lowest BCUT2D eigenvalue weighted by molar-refractivity contribution is 0.364. The molecule has 1 aromatic rings. The number of halogens is 1. The summed E-state index contributed by atoms with van der Waals surface area (Å²) in [5.74, 6) is 0.518. The number of aromatic nitrogens is 2. The van der Waals surface area contributed by atoms with Gasteiger partial charge in [-0.3, -0.25) is 0 Å². The fraction of sp³-hybridized carbons (Fsp3) is 0.727. The lowest BCUT2D eigenvalue weighted by Crippen LogP contribution is -2.24. The van der Waals surface area contributed by atoms with E-state index in [9.17, 15) is 0 Å². The zero-order valence-corrected chi connectivity index (χ0v) is 10.6. The molecule has 1 aliphatic rings. The molecule has 2 nitrogen and oxygen atoms in total. The van der Waals surface area contributed by atoms with Crippen LogP contribution in [0.5, 0.6) is 0 Å². The van der Waals surface area contributed by atoms with Crippen molar-refractivity contribution in [3.63, 3.8) is 0 Å². The minimum absolute atomic E-state index is 0.518. The minimum atomic E-state index is 0.518. The Kier molecular flexibility index (Phi) is 3.98. The zero-order chi connectivity index (χ0) is 10.7. The summed E-state index contributed by atoms with van der Waals surface area (Å²) in [6, 6.07) is 0.623. The van der Waals surface area contributed by atoms with Crippen LogP contribution in [0.2, 0.25) is 0 Å². The molecule has 0 amide bonds. The van der Waals surface area contributed by atoms with E-state index in [0.717, 1.165) is 10.9 Å². The summed E-state index contributed by atoms with van der Waals surface area (Å²) in [5, 5.41) is 0.746. The molecule has 15 heavy (non-hydrogen) atoms. The molecule has 2 unspecified atom stereocenters. The second-order valence-electron chi connectivity index (χ2n) is 4.07. The largest absolute Gasteiger partial charge is 0.333 e. The van der Waals surface area contributed by atoms with E-state index in [4.69, 9.17) is 11.6 Å². The van der Waals surface area contributed by atoms with Gasteiger partial charge in [0.05, 0.1) is 17.9 Å². The Hall–Kier alpha value is -0.150. The van der Waals surface area contributed by atoms with E-state index in [2.05, 4.69) is 22.0 Å². The van der Waals surface area contributed by atoms with Gasteiger partial charge in [-0.15, -0.1) is 11.6 Å². The highest BCUT2D eigenvalue weighted by Crippen LogP contribution is 2.35. The van der Waals surface area contributed by atoms with Gasteiger partial charge in [0.2, 0.25) is 0 Å². The van der Waals surface area contributed by atoms with Gasteiger partial charge in [0.25, 0.3) is 0 Å². The topological polar surface area (TPSA) is 17.8 Å². The average molecular weight is 245 g/mol. The maximum absolute atomic E-state index is 5.77. The predicted octanol–water partition coefficient (Wildman–Crippen LogP) is 3.47. The third kappa shape index (κ3) is 2.51. The zero-order valence-electron chi connectivity index (χ0n) is 9.03. The second-order valence-corrected chi connectivity index (χ2v) is 5.42. The normalized spacial score (nSPS) is 26.8. The van der Waals surface area contributed by atoms with Crippen molar-refractivity contribution in [1.82, 2.24) is 9.55 Å². The number of imidazole rings is 1. The van der Waals surface area contributed by atoms with E-state index in [-0.39, 0.29) is 0 Å². The quantitative estimate of drug-likeness (QED) is 0.758. The molecule has 0 aromatic carbocycles. The maximum atomic E-state index is 5.77. The Morgan fingerprint density at radius 1 is 1.53 bits per heavy atom. The van der Waals surface area contributed by atoms with Crippen LogP contribution in [0.4, 0.5) is 0 Å². The molecule has 84 valence electrons. The third-order valence-corrected chi connectivity index (χ3v) is 4.57. The van der Waals surface area contributed by atoms with E-state index in [1.165, 1.54) is 25.7 Å². The molecule has 2 rings (SSSR count). The first-order valence-electron chi connectivity index (χ1n) is 5.46. The lowest BCUT2D eigenvalue weighted by Gasteiger charge is -2.31. The van der Waals surface area contributed by atoms with Crippen molar-refractivity contribution in [2.45, 2.75) is 42.9 Å². The molecule has 1 aromatic heterocycles. The van der Waals surface area contributed by atoms with E-state index >= 15 is 0 Å². The summed E-state index contributed by atoms with van der Waals surface area (Å²) < 4.78 is 2.26. The number of nitrogens with zero attached hydrogens (tertiary/aromatic N) is 2. The van der Waals surface area contributed by atoms with Crippen LogP contribution in [0.3, 0.4) is 0 Å². The molecular formula is C11H17ClN2S. The Bertz CT molecular complexity index is 313. The minimum Gasteiger partial charge on any atom is -0.333 e. The van der Waals surface area contributed by atoms with E-state index < -0.39 is 0 Å². The molecule has 0 bridgehead atoms. The summed E-state index contributed by atoms with van der Waals surface area (Å²) in [4.78, 5) is 4.30. The van der Waals surface area contributed by atoms with E-state index in [1.807, 2.05) is 18.1 Å². The standard InChI is InChI=1S/C11H17ClN2S/c1-15-11-5-3-2-4-10(11)14-7-9(6-12)13-8-14/h7-8,10-11H,2-6H2,1H3. The Morgan fingerprint density at radius 3 is 3.00 bits per heavy atom. The van der Waals surface area contributed by atoms with Crippen molar-refractivity contribution in [2.75, 3.05) is 6.26 Å². The van der Waals surface area contributed by atoms with E-state index in [1.54, 1.807) is 0 Å². The molecule has 1 aliphatic carbocycles. The monoisotopic (exact) mass is 244 g/mol. The first-order valence-corrected chi connectivity index (χ1v) is 7.28. The molecule has 0 N–H and O–H groups in total. The SMILES string of the molecule is CSC1CCCCC1n1cnc(CCl)c1. The summed E-state index contributed by atoms with van der Waals surface area (Å²) >= 11 is 7.75. The van der Waals surface area contributed by atoms with Crippen LogP contribution in [0.25, 0.3) is 0 Å². The van der Waals surface area contributed by atoms with Crippen molar-refractivity contribution in [3.8, 4) is 0 Å². The Balaban J connectivity index is 2.12. The van der Waals surface area contributed by atoms with Crippen LogP contribution < -0.4 is 0 Å².